The van der Waals surface area contributed by atoms with Crippen LogP contribution in [0.2, 0.25) is 0 Å². The highest BCUT2D eigenvalue weighted by Crippen LogP contribution is 2.13. The Hall–Kier alpha value is -0.610. The molecule has 0 unspecified atom stereocenters. The first-order valence-corrected chi connectivity index (χ1v) is 7.11. The highest BCUT2D eigenvalue weighted by atomic mass is 16.2. The highest BCUT2D eigenvalue weighted by Gasteiger charge is 2.20. The van der Waals surface area contributed by atoms with E-state index in [-0.39, 0.29) is 5.91 Å². The molecule has 0 spiro atoms. The molecule has 0 aromatic carbocycles. The molecule has 4 nitrogen and oxygen atoms in total. The second kappa shape index (κ2) is 9.34. The minimum atomic E-state index is 0.150. The summed E-state index contributed by atoms with van der Waals surface area (Å²) in [4.78, 5) is 17.6. The second-order valence-corrected chi connectivity index (χ2v) is 4.96. The maximum Gasteiger partial charge on any atom is 0.219 e. The number of carbonyl (C=O) groups excluding carboxylic acids is 1. The minimum Gasteiger partial charge on any atom is -0.345 e. The van der Waals surface area contributed by atoms with Crippen LogP contribution in [0.15, 0.2) is 0 Å². The largest absolute Gasteiger partial charge is 0.345 e. The van der Waals surface area contributed by atoms with Crippen molar-refractivity contribution in [2.75, 3.05) is 47.3 Å². The molecular weight excluding hydrogens is 226 g/mol. The maximum absolute atomic E-state index is 11.1. The Bertz CT molecular complexity index is 225. The van der Waals surface area contributed by atoms with Crippen LogP contribution in [-0.4, -0.2) is 74.0 Å². The third kappa shape index (κ3) is 6.36. The number of hydrogen-bond acceptors (Lipinski definition) is 3. The van der Waals surface area contributed by atoms with Gasteiger partial charge in [0.25, 0.3) is 0 Å². The molecule has 0 radical (unpaired) electrons. The topological polar surface area (TPSA) is 26.8 Å². The third-order valence-corrected chi connectivity index (χ3v) is 3.64. The summed E-state index contributed by atoms with van der Waals surface area (Å²) in [6.07, 6.45) is 2.49. The second-order valence-electron chi connectivity index (χ2n) is 4.96. The van der Waals surface area contributed by atoms with Crippen molar-refractivity contribution in [3.05, 3.63) is 0 Å². The molecule has 0 saturated carbocycles. The molecule has 0 aromatic rings. The Balaban J connectivity index is 0.00000137. The van der Waals surface area contributed by atoms with Crippen LogP contribution in [0.5, 0.6) is 0 Å². The molecule has 0 aliphatic carbocycles. The van der Waals surface area contributed by atoms with E-state index < -0.39 is 0 Å². The average Bonchev–Trinajstić information content (AvgIpc) is 2.38. The molecule has 0 N–H and O–H groups in total. The van der Waals surface area contributed by atoms with Crippen LogP contribution in [-0.2, 0) is 4.79 Å². The van der Waals surface area contributed by atoms with Gasteiger partial charge < -0.3 is 14.7 Å². The van der Waals surface area contributed by atoms with E-state index >= 15 is 0 Å². The van der Waals surface area contributed by atoms with Crippen molar-refractivity contribution in [1.82, 2.24) is 14.7 Å². The normalized spacial score (nSPS) is 17.3. The zero-order valence-corrected chi connectivity index (χ0v) is 13.1. The van der Waals surface area contributed by atoms with Crippen molar-refractivity contribution in [3.8, 4) is 0 Å². The van der Waals surface area contributed by atoms with Crippen LogP contribution in [0, 0.1) is 0 Å². The Morgan fingerprint density at radius 3 is 2.11 bits per heavy atom. The van der Waals surface area contributed by atoms with Gasteiger partial charge in [0.2, 0.25) is 5.91 Å². The van der Waals surface area contributed by atoms with E-state index in [2.05, 4.69) is 23.9 Å². The Morgan fingerprint density at radius 1 is 1.17 bits per heavy atom. The summed E-state index contributed by atoms with van der Waals surface area (Å²) >= 11 is 0. The molecule has 1 heterocycles. The number of likely N-dealkylation sites (tertiary alicyclic amines) is 1. The molecule has 4 heteroatoms. The Kier molecular flexibility index (Phi) is 9.02. The van der Waals surface area contributed by atoms with Gasteiger partial charge in [-0.3, -0.25) is 4.79 Å². The number of likely N-dealkylation sites (N-methyl/N-ethyl adjacent to an activating group) is 2. The van der Waals surface area contributed by atoms with Gasteiger partial charge >= 0.3 is 0 Å². The van der Waals surface area contributed by atoms with Crippen LogP contribution in [0.3, 0.4) is 0 Å². The molecular formula is C14H31N3O. The van der Waals surface area contributed by atoms with E-state index in [1.54, 1.807) is 11.8 Å². The lowest BCUT2D eigenvalue weighted by Gasteiger charge is -2.35. The van der Waals surface area contributed by atoms with Gasteiger partial charge in [0.1, 0.15) is 0 Å². The van der Waals surface area contributed by atoms with Gasteiger partial charge in [-0.2, -0.15) is 0 Å². The fourth-order valence-electron chi connectivity index (χ4n) is 2.08. The first-order valence-electron chi connectivity index (χ1n) is 7.11. The third-order valence-electron chi connectivity index (χ3n) is 3.64. The standard InChI is InChI=1S/C12H25N3O.C2H6/c1-11(16)14(3)9-10-15(4)12-5-7-13(2)8-6-12;1-2/h12H,5-10H2,1-4H3;1-2H3. The van der Waals surface area contributed by atoms with Crippen LogP contribution in [0.1, 0.15) is 33.6 Å². The average molecular weight is 257 g/mol. The zero-order valence-electron chi connectivity index (χ0n) is 13.1. The van der Waals surface area contributed by atoms with E-state index in [0.717, 1.165) is 13.1 Å². The summed E-state index contributed by atoms with van der Waals surface area (Å²) in [5.41, 5.74) is 0. The number of hydrogen-bond donors (Lipinski definition) is 0. The lowest BCUT2D eigenvalue weighted by atomic mass is 10.0. The van der Waals surface area contributed by atoms with Crippen LogP contribution >= 0.6 is 0 Å². The fourth-order valence-corrected chi connectivity index (χ4v) is 2.08. The molecule has 1 aliphatic heterocycles. The summed E-state index contributed by atoms with van der Waals surface area (Å²) in [6, 6.07) is 0.691. The number of rotatable bonds is 4. The number of amides is 1. The van der Waals surface area contributed by atoms with E-state index in [1.165, 1.54) is 25.9 Å². The molecule has 1 fully saturated rings. The van der Waals surface area contributed by atoms with Gasteiger partial charge in [0.05, 0.1) is 0 Å². The number of nitrogens with zero attached hydrogens (tertiary/aromatic N) is 3. The van der Waals surface area contributed by atoms with Crippen molar-refractivity contribution >= 4 is 5.91 Å². The van der Waals surface area contributed by atoms with Crippen molar-refractivity contribution in [1.29, 1.82) is 0 Å². The minimum absolute atomic E-state index is 0.150. The Morgan fingerprint density at radius 2 is 1.67 bits per heavy atom. The van der Waals surface area contributed by atoms with E-state index in [4.69, 9.17) is 0 Å². The number of carbonyl (C=O) groups is 1. The van der Waals surface area contributed by atoms with Crippen molar-refractivity contribution in [2.45, 2.75) is 39.7 Å². The van der Waals surface area contributed by atoms with Crippen molar-refractivity contribution < 1.29 is 4.79 Å². The summed E-state index contributed by atoms with van der Waals surface area (Å²) in [6.45, 7) is 9.81. The van der Waals surface area contributed by atoms with Crippen LogP contribution in [0.25, 0.3) is 0 Å². The highest BCUT2D eigenvalue weighted by molar-refractivity contribution is 5.72. The van der Waals surface area contributed by atoms with Crippen molar-refractivity contribution in [2.24, 2.45) is 0 Å². The van der Waals surface area contributed by atoms with Crippen LogP contribution < -0.4 is 0 Å². The van der Waals surface area contributed by atoms with Gasteiger partial charge in [-0.15, -0.1) is 0 Å². The lowest BCUT2D eigenvalue weighted by molar-refractivity contribution is -0.127. The molecule has 0 bridgehead atoms. The fraction of sp³-hybridized carbons (Fsp3) is 0.929. The zero-order chi connectivity index (χ0) is 14.1. The van der Waals surface area contributed by atoms with E-state index in [9.17, 15) is 4.79 Å². The van der Waals surface area contributed by atoms with Gasteiger partial charge in [-0.1, -0.05) is 13.8 Å². The predicted octanol–water partition coefficient (Wildman–Crippen LogP) is 1.52. The lowest BCUT2D eigenvalue weighted by Crippen LogP contribution is -2.44. The predicted molar refractivity (Wildman–Crippen MR) is 77.8 cm³/mol. The molecule has 18 heavy (non-hydrogen) atoms. The summed E-state index contributed by atoms with van der Waals surface area (Å²) in [7, 11) is 6.22. The smallest absolute Gasteiger partial charge is 0.219 e. The monoisotopic (exact) mass is 257 g/mol. The first kappa shape index (κ1) is 17.4. The van der Waals surface area contributed by atoms with Gasteiger partial charge in [-0.05, 0) is 40.0 Å². The maximum atomic E-state index is 11.1. The molecule has 1 aliphatic rings. The summed E-state index contributed by atoms with van der Waals surface area (Å²) < 4.78 is 0. The van der Waals surface area contributed by atoms with E-state index in [0.29, 0.717) is 6.04 Å². The Labute approximate surface area is 113 Å². The molecule has 0 atom stereocenters. The summed E-state index contributed by atoms with van der Waals surface area (Å²) in [5, 5.41) is 0. The number of piperidine rings is 1. The molecule has 1 saturated heterocycles. The molecule has 1 rings (SSSR count). The SMILES string of the molecule is CC.CC(=O)N(C)CCN(C)C1CCN(C)CC1. The van der Waals surface area contributed by atoms with Gasteiger partial charge in [-0.25, -0.2) is 0 Å². The quantitative estimate of drug-likeness (QED) is 0.764. The van der Waals surface area contributed by atoms with Gasteiger partial charge in [0, 0.05) is 33.1 Å². The molecule has 108 valence electrons. The first-order chi connectivity index (χ1) is 8.50. The van der Waals surface area contributed by atoms with Gasteiger partial charge in [0.15, 0.2) is 0 Å². The van der Waals surface area contributed by atoms with Crippen LogP contribution in [0.4, 0.5) is 0 Å². The summed E-state index contributed by atoms with van der Waals surface area (Å²) in [5.74, 6) is 0.150. The van der Waals surface area contributed by atoms with E-state index in [1.807, 2.05) is 20.9 Å². The molecule has 1 amide bonds. The van der Waals surface area contributed by atoms with Crippen molar-refractivity contribution in [3.63, 3.8) is 0 Å². The molecule has 0 aromatic heterocycles.